The molecule has 1 fully saturated rings. The molecule has 2 atom stereocenters. The molecule has 150 valence electrons. The van der Waals surface area contributed by atoms with Gasteiger partial charge in [-0.1, -0.05) is 68.8 Å². The number of fused-ring (bicyclic) bond motifs is 2. The molecule has 1 aromatic carbocycles. The standard InChI is InChI=1S/C29H34/c1-18-8-10-22(11-9-18)23-12-13-24-16-27(17-26(24)15-23)29-20(3)14-25-7-5-6-19(2)28(25)21(29)4/h5-7,12-13,15-16,18,22,24,26H,3,8-11,14,17H2,1-2,4H3. The zero-order valence-corrected chi connectivity index (χ0v) is 18.3. The first kappa shape index (κ1) is 18.9. The van der Waals surface area contributed by atoms with Gasteiger partial charge >= 0.3 is 0 Å². The first-order valence-corrected chi connectivity index (χ1v) is 11.6. The lowest BCUT2D eigenvalue weighted by atomic mass is 9.75. The van der Waals surface area contributed by atoms with Crippen LogP contribution in [0.2, 0.25) is 0 Å². The largest absolute Gasteiger partial charge is 0.0949 e. The van der Waals surface area contributed by atoms with Crippen LogP contribution in [-0.2, 0) is 6.42 Å². The normalized spacial score (nSPS) is 31.3. The van der Waals surface area contributed by atoms with Crippen molar-refractivity contribution in [1.29, 1.82) is 0 Å². The molecule has 29 heavy (non-hydrogen) atoms. The van der Waals surface area contributed by atoms with Crippen LogP contribution in [0.3, 0.4) is 0 Å². The van der Waals surface area contributed by atoms with Gasteiger partial charge in [0.25, 0.3) is 0 Å². The molecule has 0 heterocycles. The van der Waals surface area contributed by atoms with Crippen LogP contribution in [0.1, 0.15) is 62.6 Å². The third kappa shape index (κ3) is 3.31. The SMILES string of the molecule is C=C1Cc2cccc(C)c2C(C)=C1C1=CC2C=CC(C3CCC(C)CC3)=CC2C1. The summed E-state index contributed by atoms with van der Waals surface area (Å²) < 4.78 is 0. The summed E-state index contributed by atoms with van der Waals surface area (Å²) in [7, 11) is 0. The highest BCUT2D eigenvalue weighted by molar-refractivity contribution is 5.82. The monoisotopic (exact) mass is 382 g/mol. The fraction of sp³-hybridized carbons (Fsp3) is 0.448. The molecule has 4 aliphatic carbocycles. The number of allylic oxidation sites excluding steroid dienone is 9. The van der Waals surface area contributed by atoms with E-state index in [1.165, 1.54) is 71.1 Å². The van der Waals surface area contributed by atoms with Crippen LogP contribution in [0, 0.1) is 30.6 Å². The lowest BCUT2D eigenvalue weighted by Gasteiger charge is -2.30. The third-order valence-electron chi connectivity index (χ3n) is 7.94. The van der Waals surface area contributed by atoms with Crippen LogP contribution < -0.4 is 0 Å². The lowest BCUT2D eigenvalue weighted by Crippen LogP contribution is -2.17. The van der Waals surface area contributed by atoms with Crippen molar-refractivity contribution >= 4 is 5.57 Å². The van der Waals surface area contributed by atoms with Crippen LogP contribution in [-0.4, -0.2) is 0 Å². The highest BCUT2D eigenvalue weighted by Gasteiger charge is 2.33. The van der Waals surface area contributed by atoms with Crippen molar-refractivity contribution in [2.75, 3.05) is 0 Å². The molecule has 0 nitrogen and oxygen atoms in total. The van der Waals surface area contributed by atoms with Gasteiger partial charge in [-0.2, -0.15) is 0 Å². The van der Waals surface area contributed by atoms with Crippen LogP contribution >= 0.6 is 0 Å². The summed E-state index contributed by atoms with van der Waals surface area (Å²) in [6.45, 7) is 11.5. The number of hydrogen-bond acceptors (Lipinski definition) is 0. The average molecular weight is 383 g/mol. The lowest BCUT2D eigenvalue weighted by molar-refractivity contribution is 0.321. The summed E-state index contributed by atoms with van der Waals surface area (Å²) >= 11 is 0. The van der Waals surface area contributed by atoms with Crippen molar-refractivity contribution in [2.45, 2.75) is 59.3 Å². The van der Waals surface area contributed by atoms with Gasteiger partial charge in [0.15, 0.2) is 0 Å². The third-order valence-corrected chi connectivity index (χ3v) is 7.94. The second kappa shape index (κ2) is 7.31. The van der Waals surface area contributed by atoms with Crippen molar-refractivity contribution < 1.29 is 0 Å². The van der Waals surface area contributed by atoms with E-state index in [-0.39, 0.29) is 0 Å². The summed E-state index contributed by atoms with van der Waals surface area (Å²) in [6, 6.07) is 6.71. The van der Waals surface area contributed by atoms with Crippen LogP contribution in [0.15, 0.2) is 71.4 Å². The molecule has 2 unspecified atom stereocenters. The summed E-state index contributed by atoms with van der Waals surface area (Å²) in [5, 5.41) is 0. The van der Waals surface area contributed by atoms with Crippen molar-refractivity contribution in [3.63, 3.8) is 0 Å². The van der Waals surface area contributed by atoms with Gasteiger partial charge in [-0.25, -0.2) is 0 Å². The van der Waals surface area contributed by atoms with Gasteiger partial charge in [0.1, 0.15) is 0 Å². The quantitative estimate of drug-likeness (QED) is 0.490. The summed E-state index contributed by atoms with van der Waals surface area (Å²) in [4.78, 5) is 0. The van der Waals surface area contributed by atoms with E-state index >= 15 is 0 Å². The number of hydrogen-bond donors (Lipinski definition) is 0. The van der Waals surface area contributed by atoms with E-state index in [1.807, 2.05) is 0 Å². The van der Waals surface area contributed by atoms with Crippen LogP contribution in [0.25, 0.3) is 5.57 Å². The topological polar surface area (TPSA) is 0 Å². The van der Waals surface area contributed by atoms with Crippen LogP contribution in [0.4, 0.5) is 0 Å². The number of rotatable bonds is 2. The van der Waals surface area contributed by atoms with Crippen LogP contribution in [0.5, 0.6) is 0 Å². The molecule has 0 aromatic heterocycles. The number of aryl methyl sites for hydroxylation is 1. The van der Waals surface area contributed by atoms with E-state index in [4.69, 9.17) is 0 Å². The predicted molar refractivity (Wildman–Crippen MR) is 125 cm³/mol. The Morgan fingerprint density at radius 3 is 2.59 bits per heavy atom. The Kier molecular flexibility index (Phi) is 4.77. The molecule has 1 aromatic rings. The maximum atomic E-state index is 4.50. The minimum absolute atomic E-state index is 0.572. The van der Waals surface area contributed by atoms with Crippen molar-refractivity contribution in [3.05, 3.63) is 88.1 Å². The van der Waals surface area contributed by atoms with Gasteiger partial charge < -0.3 is 0 Å². The summed E-state index contributed by atoms with van der Waals surface area (Å²) in [6.07, 6.45) is 17.9. The molecular formula is C29H34. The average Bonchev–Trinajstić information content (AvgIpc) is 3.11. The molecular weight excluding hydrogens is 348 g/mol. The number of benzene rings is 1. The minimum atomic E-state index is 0.572. The second-order valence-corrected chi connectivity index (χ2v) is 10.0. The minimum Gasteiger partial charge on any atom is -0.0949 e. The maximum absolute atomic E-state index is 4.50. The molecule has 0 radical (unpaired) electrons. The van der Waals surface area contributed by atoms with Crippen molar-refractivity contribution in [1.82, 2.24) is 0 Å². The van der Waals surface area contributed by atoms with Gasteiger partial charge in [-0.15, -0.1) is 0 Å². The Morgan fingerprint density at radius 1 is 1.00 bits per heavy atom. The maximum Gasteiger partial charge on any atom is 0.00220 e. The molecule has 5 rings (SSSR count). The summed E-state index contributed by atoms with van der Waals surface area (Å²) in [5.74, 6) is 2.94. The van der Waals surface area contributed by atoms with Crippen molar-refractivity contribution in [2.24, 2.45) is 23.7 Å². The van der Waals surface area contributed by atoms with Gasteiger partial charge in [0.05, 0.1) is 0 Å². The zero-order chi connectivity index (χ0) is 20.1. The molecule has 0 N–H and O–H groups in total. The molecule has 0 aliphatic heterocycles. The Bertz CT molecular complexity index is 969. The highest BCUT2D eigenvalue weighted by Crippen LogP contribution is 2.47. The molecule has 0 saturated heterocycles. The van der Waals surface area contributed by atoms with E-state index in [2.05, 4.69) is 69.9 Å². The van der Waals surface area contributed by atoms with Gasteiger partial charge in [0, 0.05) is 5.92 Å². The van der Waals surface area contributed by atoms with Gasteiger partial charge in [0.2, 0.25) is 0 Å². The molecule has 1 saturated carbocycles. The Labute approximate surface area is 176 Å². The first-order chi connectivity index (χ1) is 14.0. The fourth-order valence-electron chi connectivity index (χ4n) is 6.35. The smallest absolute Gasteiger partial charge is 0.00220 e. The van der Waals surface area contributed by atoms with Crippen molar-refractivity contribution in [3.8, 4) is 0 Å². The predicted octanol–water partition coefficient (Wildman–Crippen LogP) is 7.77. The Hall–Kier alpha value is -2.08. The van der Waals surface area contributed by atoms with Gasteiger partial charge in [-0.3, -0.25) is 0 Å². The van der Waals surface area contributed by atoms with E-state index in [9.17, 15) is 0 Å². The summed E-state index contributed by atoms with van der Waals surface area (Å²) in [5.41, 5.74) is 11.7. The molecule has 4 aliphatic rings. The van der Waals surface area contributed by atoms with E-state index in [0.717, 1.165) is 18.3 Å². The molecule has 0 bridgehead atoms. The van der Waals surface area contributed by atoms with E-state index in [0.29, 0.717) is 11.8 Å². The Morgan fingerprint density at radius 2 is 1.79 bits per heavy atom. The zero-order valence-electron chi connectivity index (χ0n) is 18.3. The van der Waals surface area contributed by atoms with E-state index in [1.54, 1.807) is 5.57 Å². The molecule has 0 heteroatoms. The Balaban J connectivity index is 1.42. The second-order valence-electron chi connectivity index (χ2n) is 10.0. The van der Waals surface area contributed by atoms with E-state index < -0.39 is 0 Å². The fourth-order valence-corrected chi connectivity index (χ4v) is 6.35. The highest BCUT2D eigenvalue weighted by atomic mass is 14.4. The molecule has 0 spiro atoms. The molecule has 0 amide bonds. The van der Waals surface area contributed by atoms with Gasteiger partial charge in [-0.05, 0) is 102 Å². The first-order valence-electron chi connectivity index (χ1n) is 11.6.